The van der Waals surface area contributed by atoms with E-state index in [1.807, 2.05) is 0 Å². The Balaban J connectivity index is 1.96. The lowest BCUT2D eigenvalue weighted by molar-refractivity contribution is 0.0696. The third kappa shape index (κ3) is 2.69. The van der Waals surface area contributed by atoms with Crippen LogP contribution < -0.4 is 4.74 Å². The number of methoxy groups -OCH3 is 1. The van der Waals surface area contributed by atoms with Gasteiger partial charge in [-0.2, -0.15) is 9.78 Å². The summed E-state index contributed by atoms with van der Waals surface area (Å²) in [5.41, 5.74) is 1.20. The molecule has 0 aliphatic carbocycles. The lowest BCUT2D eigenvalue weighted by atomic mass is 10.1. The van der Waals surface area contributed by atoms with Crippen molar-refractivity contribution < 1.29 is 19.7 Å². The number of hydrogen-bond donors (Lipinski definition) is 2. The Morgan fingerprint density at radius 3 is 2.52 bits per heavy atom. The van der Waals surface area contributed by atoms with E-state index in [0.29, 0.717) is 22.8 Å². The molecule has 0 saturated carbocycles. The zero-order valence-electron chi connectivity index (χ0n) is 12.0. The first-order valence-electron chi connectivity index (χ1n) is 6.57. The summed E-state index contributed by atoms with van der Waals surface area (Å²) < 4.78 is 6.20. The van der Waals surface area contributed by atoms with Crippen LogP contribution in [0.25, 0.3) is 16.9 Å². The van der Waals surface area contributed by atoms with Crippen LogP contribution in [0.4, 0.5) is 0 Å². The molecule has 3 heterocycles. The largest absolute Gasteiger partial charge is 0.493 e. The molecule has 3 rings (SSSR count). The molecule has 0 fully saturated rings. The van der Waals surface area contributed by atoms with Crippen LogP contribution in [0.3, 0.4) is 0 Å². The normalized spacial score (nSPS) is 10.5. The van der Waals surface area contributed by atoms with Crippen molar-refractivity contribution in [1.29, 1.82) is 0 Å². The minimum Gasteiger partial charge on any atom is -0.493 e. The molecule has 0 spiro atoms. The topological polar surface area (TPSA) is 110 Å². The first kappa shape index (κ1) is 14.5. The predicted molar refractivity (Wildman–Crippen MR) is 79.8 cm³/mol. The van der Waals surface area contributed by atoms with Crippen molar-refractivity contribution in [1.82, 2.24) is 19.7 Å². The summed E-state index contributed by atoms with van der Waals surface area (Å²) in [6.07, 6.45) is 4.24. The summed E-state index contributed by atoms with van der Waals surface area (Å²) >= 11 is 0. The second-order valence-corrected chi connectivity index (χ2v) is 4.59. The molecule has 116 valence electrons. The van der Waals surface area contributed by atoms with Gasteiger partial charge >= 0.3 is 5.97 Å². The molecule has 8 nitrogen and oxygen atoms in total. The summed E-state index contributed by atoms with van der Waals surface area (Å²) in [6, 6.07) is 6.27. The van der Waals surface area contributed by atoms with E-state index >= 15 is 0 Å². The van der Waals surface area contributed by atoms with Crippen molar-refractivity contribution in [2.45, 2.75) is 0 Å². The van der Waals surface area contributed by atoms with Gasteiger partial charge in [0.1, 0.15) is 0 Å². The average molecular weight is 312 g/mol. The Hall–Kier alpha value is -3.42. The fraction of sp³-hybridized carbons (Fsp3) is 0.0667. The van der Waals surface area contributed by atoms with Crippen molar-refractivity contribution in [3.05, 3.63) is 48.4 Å². The highest BCUT2D eigenvalue weighted by molar-refractivity contribution is 5.87. The second kappa shape index (κ2) is 5.76. The number of rotatable bonds is 4. The van der Waals surface area contributed by atoms with Crippen LogP contribution in [0.15, 0.2) is 42.9 Å². The van der Waals surface area contributed by atoms with E-state index in [9.17, 15) is 9.90 Å². The fourth-order valence-electron chi connectivity index (χ4n) is 2.01. The van der Waals surface area contributed by atoms with Crippen LogP contribution in [0.5, 0.6) is 11.8 Å². The van der Waals surface area contributed by atoms with Gasteiger partial charge in [-0.15, -0.1) is 0 Å². The first-order valence-corrected chi connectivity index (χ1v) is 6.57. The number of aromatic carboxylic acids is 1. The van der Waals surface area contributed by atoms with E-state index in [-0.39, 0.29) is 11.4 Å². The summed E-state index contributed by atoms with van der Waals surface area (Å²) in [4.78, 5) is 18.9. The number of carbonyl (C=O) groups is 1. The minimum atomic E-state index is -1.07. The Kier molecular flexibility index (Phi) is 3.63. The number of aromatic nitrogens is 4. The Morgan fingerprint density at radius 1 is 1.13 bits per heavy atom. The third-order valence-corrected chi connectivity index (χ3v) is 3.21. The fourth-order valence-corrected chi connectivity index (χ4v) is 2.01. The zero-order valence-corrected chi connectivity index (χ0v) is 12.0. The molecule has 8 heteroatoms. The van der Waals surface area contributed by atoms with Crippen molar-refractivity contribution in [3.63, 3.8) is 0 Å². The number of hydrogen-bond acceptors (Lipinski definition) is 6. The van der Waals surface area contributed by atoms with Gasteiger partial charge in [0.15, 0.2) is 5.82 Å². The van der Waals surface area contributed by atoms with E-state index in [0.717, 1.165) is 0 Å². The van der Waals surface area contributed by atoms with Crippen molar-refractivity contribution in [2.75, 3.05) is 7.11 Å². The molecule has 0 bridgehead atoms. The maximum absolute atomic E-state index is 10.8. The highest BCUT2D eigenvalue weighted by Crippen LogP contribution is 2.30. The average Bonchev–Trinajstić information content (AvgIpc) is 2.96. The monoisotopic (exact) mass is 312 g/mol. The quantitative estimate of drug-likeness (QED) is 0.755. The van der Waals surface area contributed by atoms with Gasteiger partial charge in [-0.25, -0.2) is 14.8 Å². The first-order chi connectivity index (χ1) is 11.1. The molecular formula is C15H12N4O4. The van der Waals surface area contributed by atoms with Crippen LogP contribution in [0.2, 0.25) is 0 Å². The van der Waals surface area contributed by atoms with Gasteiger partial charge in [-0.3, -0.25) is 0 Å². The van der Waals surface area contributed by atoms with E-state index in [1.54, 1.807) is 18.3 Å². The van der Waals surface area contributed by atoms with Crippen LogP contribution >= 0.6 is 0 Å². The number of pyridine rings is 2. The Labute approximate surface area is 130 Å². The van der Waals surface area contributed by atoms with Gasteiger partial charge in [0.2, 0.25) is 11.8 Å². The summed E-state index contributed by atoms with van der Waals surface area (Å²) in [5.74, 6) is -0.418. The van der Waals surface area contributed by atoms with Crippen LogP contribution in [-0.2, 0) is 0 Å². The molecule has 0 unspecified atom stereocenters. The molecule has 0 saturated heterocycles. The molecule has 0 amide bonds. The van der Waals surface area contributed by atoms with E-state index in [1.165, 1.54) is 36.3 Å². The zero-order chi connectivity index (χ0) is 16.4. The van der Waals surface area contributed by atoms with E-state index in [4.69, 9.17) is 9.84 Å². The third-order valence-electron chi connectivity index (χ3n) is 3.21. The predicted octanol–water partition coefficient (Wildman–Crippen LogP) is 1.74. The lowest BCUT2D eigenvalue weighted by Gasteiger charge is -2.04. The number of nitrogens with zero attached hydrogens (tertiary/aromatic N) is 4. The highest BCUT2D eigenvalue weighted by atomic mass is 16.5. The van der Waals surface area contributed by atoms with Gasteiger partial charge in [-0.05, 0) is 18.2 Å². The summed E-state index contributed by atoms with van der Waals surface area (Å²) in [6.45, 7) is 0. The van der Waals surface area contributed by atoms with Gasteiger partial charge in [0, 0.05) is 24.0 Å². The summed E-state index contributed by atoms with van der Waals surface area (Å²) in [7, 11) is 1.52. The van der Waals surface area contributed by atoms with Gasteiger partial charge < -0.3 is 14.9 Å². The van der Waals surface area contributed by atoms with E-state index in [2.05, 4.69) is 15.1 Å². The standard InChI is InChI=1S/C15H12N4O4/c1-23-13-5-3-9(6-17-13)11-8-18-19(14(11)20)12-4-2-10(7-16-12)15(21)22/h2-8,20H,1H3,(H,21,22). The van der Waals surface area contributed by atoms with Crippen LogP contribution in [0.1, 0.15) is 10.4 Å². The molecule has 0 atom stereocenters. The number of carboxylic acid groups (broad SMARTS) is 1. The van der Waals surface area contributed by atoms with Gasteiger partial charge in [0.25, 0.3) is 0 Å². The van der Waals surface area contributed by atoms with Gasteiger partial charge in [-0.1, -0.05) is 0 Å². The molecule has 2 N–H and O–H groups in total. The van der Waals surface area contributed by atoms with Crippen molar-refractivity contribution >= 4 is 5.97 Å². The SMILES string of the molecule is COc1ccc(-c2cnn(-c3ccc(C(=O)O)cn3)c2O)cn1. The number of aromatic hydroxyl groups is 1. The second-order valence-electron chi connectivity index (χ2n) is 4.59. The number of carboxylic acids is 1. The minimum absolute atomic E-state index is 0.0555. The lowest BCUT2D eigenvalue weighted by Crippen LogP contribution is -2.02. The van der Waals surface area contributed by atoms with Crippen molar-refractivity contribution in [3.8, 4) is 28.7 Å². The molecule has 23 heavy (non-hydrogen) atoms. The Bertz CT molecular complexity index is 841. The highest BCUT2D eigenvalue weighted by Gasteiger charge is 2.14. The molecular weight excluding hydrogens is 300 g/mol. The number of ether oxygens (including phenoxy) is 1. The smallest absolute Gasteiger partial charge is 0.337 e. The molecule has 3 aromatic heterocycles. The molecule has 0 aliphatic heterocycles. The van der Waals surface area contributed by atoms with Crippen LogP contribution in [0, 0.1) is 0 Å². The maximum Gasteiger partial charge on any atom is 0.337 e. The van der Waals surface area contributed by atoms with Crippen molar-refractivity contribution in [2.24, 2.45) is 0 Å². The molecule has 0 radical (unpaired) electrons. The maximum atomic E-state index is 10.8. The van der Waals surface area contributed by atoms with Crippen LogP contribution in [-0.4, -0.2) is 43.0 Å². The molecule has 0 aromatic carbocycles. The van der Waals surface area contributed by atoms with Gasteiger partial charge in [0.05, 0.1) is 24.4 Å². The summed E-state index contributed by atoms with van der Waals surface area (Å²) in [5, 5.41) is 23.3. The molecule has 3 aromatic rings. The molecule has 0 aliphatic rings. The van der Waals surface area contributed by atoms with E-state index < -0.39 is 5.97 Å². The Morgan fingerprint density at radius 2 is 1.96 bits per heavy atom.